The molecule has 1 aliphatic rings. The van der Waals surface area contributed by atoms with E-state index in [1.54, 1.807) is 4.90 Å². The van der Waals surface area contributed by atoms with Crippen molar-refractivity contribution >= 4 is 11.8 Å². The average molecular weight is 310 g/mol. The number of amides is 2. The first-order valence-electron chi connectivity index (χ1n) is 7.93. The molecule has 7 heteroatoms. The first-order valence-corrected chi connectivity index (χ1v) is 7.93. The van der Waals surface area contributed by atoms with Crippen LogP contribution in [0.1, 0.15) is 38.4 Å². The number of hydrogen-bond donors (Lipinski definition) is 2. The van der Waals surface area contributed by atoms with Crippen molar-refractivity contribution in [2.45, 2.75) is 45.7 Å². The Kier molecular flexibility index (Phi) is 5.79. The van der Waals surface area contributed by atoms with Gasteiger partial charge in [-0.15, -0.1) is 0 Å². The molecule has 1 aliphatic heterocycles. The van der Waals surface area contributed by atoms with E-state index in [9.17, 15) is 9.90 Å². The van der Waals surface area contributed by atoms with E-state index in [1.807, 2.05) is 17.7 Å². The van der Waals surface area contributed by atoms with E-state index in [0.717, 1.165) is 18.5 Å². The molecule has 2 amide bonds. The van der Waals surface area contributed by atoms with Gasteiger partial charge in [-0.3, -0.25) is 5.32 Å². The maximum atomic E-state index is 12.5. The zero-order valence-corrected chi connectivity index (χ0v) is 13.6. The van der Waals surface area contributed by atoms with Crippen LogP contribution in [-0.2, 0) is 4.74 Å². The quantitative estimate of drug-likeness (QED) is 0.869. The van der Waals surface area contributed by atoms with Gasteiger partial charge >= 0.3 is 6.03 Å². The zero-order chi connectivity index (χ0) is 16.1. The summed E-state index contributed by atoms with van der Waals surface area (Å²) in [6.45, 7) is 7.39. The Bertz CT molecular complexity index is 499. The highest BCUT2D eigenvalue weighted by Gasteiger charge is 2.27. The molecular formula is C15H26N4O3. The van der Waals surface area contributed by atoms with E-state index in [1.165, 1.54) is 0 Å². The number of rotatable bonds is 5. The lowest BCUT2D eigenvalue weighted by molar-refractivity contribution is -0.00488. The van der Waals surface area contributed by atoms with Crippen LogP contribution < -0.4 is 5.32 Å². The molecule has 0 radical (unpaired) electrons. The summed E-state index contributed by atoms with van der Waals surface area (Å²) in [6.07, 6.45) is 1.91. The topological polar surface area (TPSA) is 79.6 Å². The summed E-state index contributed by atoms with van der Waals surface area (Å²) in [5, 5.41) is 16.8. The van der Waals surface area contributed by atoms with Crippen molar-refractivity contribution in [1.82, 2.24) is 14.7 Å². The predicted octanol–water partition coefficient (Wildman–Crippen LogP) is 1.78. The molecule has 2 heterocycles. The first-order chi connectivity index (χ1) is 10.6. The second-order valence-electron chi connectivity index (χ2n) is 5.62. The number of aliphatic hydroxyl groups is 1. The molecule has 124 valence electrons. The van der Waals surface area contributed by atoms with Crippen LogP contribution in [0.4, 0.5) is 10.6 Å². The van der Waals surface area contributed by atoms with Crippen molar-refractivity contribution in [3.05, 3.63) is 11.8 Å². The lowest BCUT2D eigenvalue weighted by atomic mass is 10.2. The molecule has 7 nitrogen and oxygen atoms in total. The molecule has 0 aliphatic carbocycles. The number of aryl methyl sites for hydroxylation is 1. The van der Waals surface area contributed by atoms with E-state index < -0.39 is 0 Å². The minimum absolute atomic E-state index is 0.0990. The van der Waals surface area contributed by atoms with Gasteiger partial charge in [-0.2, -0.15) is 5.10 Å². The molecule has 2 rings (SSSR count). The van der Waals surface area contributed by atoms with Gasteiger partial charge in [0.25, 0.3) is 0 Å². The fourth-order valence-corrected chi connectivity index (χ4v) is 2.78. The minimum Gasteiger partial charge on any atom is -0.394 e. The Morgan fingerprint density at radius 1 is 1.55 bits per heavy atom. The zero-order valence-electron chi connectivity index (χ0n) is 13.6. The minimum atomic E-state index is -0.292. The largest absolute Gasteiger partial charge is 0.394 e. The van der Waals surface area contributed by atoms with Gasteiger partial charge in [-0.25, -0.2) is 9.48 Å². The van der Waals surface area contributed by atoms with Crippen LogP contribution in [0, 0.1) is 6.92 Å². The number of aliphatic hydroxyl groups excluding tert-OH is 1. The third kappa shape index (κ3) is 3.59. The van der Waals surface area contributed by atoms with Gasteiger partial charge in [-0.1, -0.05) is 13.8 Å². The van der Waals surface area contributed by atoms with Gasteiger partial charge in [-0.05, 0) is 19.8 Å². The molecule has 1 aromatic rings. The van der Waals surface area contributed by atoms with Crippen LogP contribution in [-0.4, -0.2) is 58.2 Å². The van der Waals surface area contributed by atoms with Gasteiger partial charge < -0.3 is 14.7 Å². The summed E-state index contributed by atoms with van der Waals surface area (Å²) in [6, 6.07) is 1.64. The van der Waals surface area contributed by atoms with E-state index in [0.29, 0.717) is 25.6 Å². The monoisotopic (exact) mass is 310 g/mol. The number of carbonyl (C=O) groups excluding carboxylic acids is 1. The van der Waals surface area contributed by atoms with Crippen LogP contribution in [0.25, 0.3) is 0 Å². The van der Waals surface area contributed by atoms with E-state index >= 15 is 0 Å². The Morgan fingerprint density at radius 3 is 2.91 bits per heavy atom. The molecule has 1 atom stereocenters. The van der Waals surface area contributed by atoms with Crippen LogP contribution in [0.2, 0.25) is 0 Å². The van der Waals surface area contributed by atoms with Gasteiger partial charge in [0.15, 0.2) is 0 Å². The summed E-state index contributed by atoms with van der Waals surface area (Å²) in [5.74, 6) is 0.708. The molecule has 1 saturated heterocycles. The summed E-state index contributed by atoms with van der Waals surface area (Å²) < 4.78 is 7.20. The molecule has 22 heavy (non-hydrogen) atoms. The number of urea groups is 1. The Hall–Kier alpha value is -1.60. The van der Waals surface area contributed by atoms with Crippen LogP contribution in [0.5, 0.6) is 0 Å². The number of aromatic nitrogens is 2. The smallest absolute Gasteiger partial charge is 0.323 e. The average Bonchev–Trinajstić information content (AvgIpc) is 2.89. The van der Waals surface area contributed by atoms with Crippen molar-refractivity contribution in [3.63, 3.8) is 0 Å². The fraction of sp³-hybridized carbons (Fsp3) is 0.733. The molecule has 0 unspecified atom stereocenters. The summed E-state index contributed by atoms with van der Waals surface area (Å²) in [5.41, 5.74) is 0.878. The highest BCUT2D eigenvalue weighted by Crippen LogP contribution is 2.22. The van der Waals surface area contributed by atoms with Gasteiger partial charge in [0.2, 0.25) is 0 Å². The molecule has 2 N–H and O–H groups in total. The third-order valence-corrected chi connectivity index (χ3v) is 4.08. The highest BCUT2D eigenvalue weighted by atomic mass is 16.5. The number of nitrogens with one attached hydrogen (secondary N) is 1. The molecule has 1 fully saturated rings. The number of hydrogen-bond acceptors (Lipinski definition) is 4. The number of morpholine rings is 1. The molecule has 1 aromatic heterocycles. The highest BCUT2D eigenvalue weighted by molar-refractivity contribution is 5.88. The molecule has 0 bridgehead atoms. The maximum Gasteiger partial charge on any atom is 0.323 e. The van der Waals surface area contributed by atoms with Crippen molar-refractivity contribution in [3.8, 4) is 0 Å². The van der Waals surface area contributed by atoms with E-state index in [-0.39, 0.29) is 24.7 Å². The van der Waals surface area contributed by atoms with Crippen molar-refractivity contribution in [2.24, 2.45) is 0 Å². The Labute approximate surface area is 131 Å². The van der Waals surface area contributed by atoms with Gasteiger partial charge in [0.05, 0.1) is 37.6 Å². The number of nitrogens with zero attached hydrogens (tertiary/aromatic N) is 3. The van der Waals surface area contributed by atoms with Gasteiger partial charge in [0, 0.05) is 12.6 Å². The van der Waals surface area contributed by atoms with Crippen molar-refractivity contribution < 1.29 is 14.6 Å². The predicted molar refractivity (Wildman–Crippen MR) is 84.0 cm³/mol. The normalized spacial score (nSPS) is 18.8. The lowest BCUT2D eigenvalue weighted by Gasteiger charge is -2.34. The molecule has 0 spiro atoms. The Morgan fingerprint density at radius 2 is 2.27 bits per heavy atom. The number of anilines is 1. The van der Waals surface area contributed by atoms with Crippen molar-refractivity contribution in [1.29, 1.82) is 0 Å². The van der Waals surface area contributed by atoms with Crippen LogP contribution >= 0.6 is 0 Å². The molecular weight excluding hydrogens is 284 g/mol. The lowest BCUT2D eigenvalue weighted by Crippen LogP contribution is -2.52. The third-order valence-electron chi connectivity index (χ3n) is 4.08. The SMILES string of the molecule is CCC(CC)n1nc(C)cc1NC(=O)N1CCOC[C@@H]1CO. The van der Waals surface area contributed by atoms with E-state index in [4.69, 9.17) is 4.74 Å². The van der Waals surface area contributed by atoms with Gasteiger partial charge in [0.1, 0.15) is 5.82 Å². The number of carbonyl (C=O) groups is 1. The summed E-state index contributed by atoms with van der Waals surface area (Å²) in [7, 11) is 0. The fourth-order valence-electron chi connectivity index (χ4n) is 2.78. The number of ether oxygens (including phenoxy) is 1. The second-order valence-corrected chi connectivity index (χ2v) is 5.62. The molecule has 0 aromatic carbocycles. The molecule has 0 saturated carbocycles. The Balaban J connectivity index is 2.14. The van der Waals surface area contributed by atoms with E-state index in [2.05, 4.69) is 24.3 Å². The second kappa shape index (κ2) is 7.60. The standard InChI is InChI=1S/C15H26N4O3/c1-4-12(5-2)19-14(8-11(3)17-19)16-15(21)18-6-7-22-10-13(18)9-20/h8,12-13,20H,4-7,9-10H2,1-3H3,(H,16,21)/t13-/m0/s1. The summed E-state index contributed by atoms with van der Waals surface area (Å²) in [4.78, 5) is 14.1. The summed E-state index contributed by atoms with van der Waals surface area (Å²) >= 11 is 0. The van der Waals surface area contributed by atoms with Crippen LogP contribution in [0.3, 0.4) is 0 Å². The maximum absolute atomic E-state index is 12.5. The first kappa shape index (κ1) is 16.8. The van der Waals surface area contributed by atoms with Crippen molar-refractivity contribution in [2.75, 3.05) is 31.7 Å². The van der Waals surface area contributed by atoms with Crippen LogP contribution in [0.15, 0.2) is 6.07 Å².